The summed E-state index contributed by atoms with van der Waals surface area (Å²) in [5.74, 6) is 3.64. The molecule has 1 amide bonds. The Labute approximate surface area is 215 Å². The van der Waals surface area contributed by atoms with E-state index in [0.717, 1.165) is 89.5 Å². The number of imidazole rings is 1. The van der Waals surface area contributed by atoms with E-state index in [1.165, 1.54) is 0 Å². The molecule has 37 heavy (non-hydrogen) atoms. The van der Waals surface area contributed by atoms with Gasteiger partial charge < -0.3 is 19.1 Å². The van der Waals surface area contributed by atoms with E-state index >= 15 is 0 Å². The predicted molar refractivity (Wildman–Crippen MR) is 140 cm³/mol. The number of ether oxygens (including phenoxy) is 1. The number of nitrogens with one attached hydrogen (secondary N) is 1. The van der Waals surface area contributed by atoms with Crippen LogP contribution in [0.25, 0.3) is 22.2 Å². The lowest BCUT2D eigenvalue weighted by Gasteiger charge is -2.31. The molecule has 8 nitrogen and oxygen atoms in total. The molecule has 0 bridgehead atoms. The van der Waals surface area contributed by atoms with Gasteiger partial charge in [0, 0.05) is 38.8 Å². The maximum absolute atomic E-state index is 13.1. The molecule has 2 aromatic heterocycles. The number of nitrogens with zero attached hydrogens (tertiary/aromatic N) is 4. The molecule has 2 aliphatic heterocycles. The summed E-state index contributed by atoms with van der Waals surface area (Å²) in [5, 5.41) is 4.06. The number of hydrogen-bond donors (Lipinski definition) is 1. The molecule has 190 valence electrons. The van der Waals surface area contributed by atoms with Gasteiger partial charge in [-0.3, -0.25) is 4.79 Å². The fourth-order valence-corrected chi connectivity index (χ4v) is 5.36. The molecule has 1 fully saturated rings. The highest BCUT2D eigenvalue weighted by molar-refractivity contribution is 5.82. The smallest absolute Gasteiger partial charge is 0.226 e. The predicted octanol–water partition coefficient (Wildman–Crippen LogP) is 5.28. The van der Waals surface area contributed by atoms with Gasteiger partial charge in [-0.15, -0.1) is 0 Å². The number of hydrogen-bond acceptors (Lipinski definition) is 6. The molecule has 6 rings (SSSR count). The van der Waals surface area contributed by atoms with Crippen LogP contribution in [0.1, 0.15) is 54.7 Å². The van der Waals surface area contributed by atoms with Gasteiger partial charge >= 0.3 is 0 Å². The van der Waals surface area contributed by atoms with Gasteiger partial charge in [0.1, 0.15) is 11.6 Å². The Morgan fingerprint density at radius 3 is 2.70 bits per heavy atom. The number of rotatable bonds is 4. The first kappa shape index (κ1) is 23.5. The standard InChI is InChI=1S/C29H31N5O3/c1-18-30-25-7-5-23(17-26(25)31-18)22-6-8-27-24(16-22)4-3-20(11-14-36-27)15-28(35)34-12-9-21(10-13-34)29-32-19(2)37-33-29/h3,5-8,16-17,21H,4,9-15H2,1-2H3,(H,30,31)/b20-3+. The van der Waals surface area contributed by atoms with E-state index in [4.69, 9.17) is 9.26 Å². The molecule has 2 aliphatic rings. The van der Waals surface area contributed by atoms with Gasteiger partial charge in [-0.1, -0.05) is 28.9 Å². The molecular formula is C29H31N5O3. The van der Waals surface area contributed by atoms with Crippen molar-refractivity contribution >= 4 is 16.9 Å². The summed E-state index contributed by atoms with van der Waals surface area (Å²) >= 11 is 0. The van der Waals surface area contributed by atoms with Crippen LogP contribution in [0.3, 0.4) is 0 Å². The van der Waals surface area contributed by atoms with E-state index in [-0.39, 0.29) is 11.8 Å². The summed E-state index contributed by atoms with van der Waals surface area (Å²) < 4.78 is 11.2. The minimum atomic E-state index is 0.187. The van der Waals surface area contributed by atoms with Crippen molar-refractivity contribution in [2.75, 3.05) is 19.7 Å². The largest absolute Gasteiger partial charge is 0.493 e. The fourth-order valence-electron chi connectivity index (χ4n) is 5.36. The lowest BCUT2D eigenvalue weighted by Crippen LogP contribution is -2.38. The average Bonchev–Trinajstić information content (AvgIpc) is 3.50. The quantitative estimate of drug-likeness (QED) is 0.386. The number of carbonyl (C=O) groups is 1. The van der Waals surface area contributed by atoms with Crippen molar-refractivity contribution in [3.63, 3.8) is 0 Å². The monoisotopic (exact) mass is 497 g/mol. The Morgan fingerprint density at radius 2 is 1.89 bits per heavy atom. The van der Waals surface area contributed by atoms with Crippen LogP contribution in [0.4, 0.5) is 0 Å². The second kappa shape index (κ2) is 9.84. The molecule has 0 radical (unpaired) electrons. The minimum Gasteiger partial charge on any atom is -0.493 e. The molecule has 1 saturated heterocycles. The van der Waals surface area contributed by atoms with E-state index in [2.05, 4.69) is 62.6 Å². The zero-order chi connectivity index (χ0) is 25.4. The highest BCUT2D eigenvalue weighted by Crippen LogP contribution is 2.31. The van der Waals surface area contributed by atoms with E-state index in [1.54, 1.807) is 6.92 Å². The Morgan fingerprint density at radius 1 is 1.08 bits per heavy atom. The summed E-state index contributed by atoms with van der Waals surface area (Å²) in [6, 6.07) is 12.7. The molecule has 0 aliphatic carbocycles. The van der Waals surface area contributed by atoms with Crippen LogP contribution in [0.15, 0.2) is 52.6 Å². The second-order valence-corrected chi connectivity index (χ2v) is 10.0. The molecule has 4 heterocycles. The normalized spacial score (nSPS) is 18.0. The summed E-state index contributed by atoms with van der Waals surface area (Å²) in [7, 11) is 0. The van der Waals surface area contributed by atoms with Crippen molar-refractivity contribution in [1.82, 2.24) is 25.0 Å². The number of aromatic amines is 1. The Bertz CT molecular complexity index is 1480. The SMILES string of the molecule is Cc1nc2ccc(-c3ccc4c(c3)C/C=C(/CC(=O)N3CCC(c5noc(C)n5)CC3)CCO4)cc2[nH]1. The van der Waals surface area contributed by atoms with Gasteiger partial charge in [0.15, 0.2) is 5.82 Å². The maximum atomic E-state index is 13.1. The van der Waals surface area contributed by atoms with Crippen molar-refractivity contribution < 1.29 is 14.1 Å². The number of amides is 1. The maximum Gasteiger partial charge on any atom is 0.226 e. The van der Waals surface area contributed by atoms with Crippen molar-refractivity contribution in [2.45, 2.75) is 51.9 Å². The lowest BCUT2D eigenvalue weighted by molar-refractivity contribution is -0.131. The van der Waals surface area contributed by atoms with E-state index in [1.807, 2.05) is 11.8 Å². The van der Waals surface area contributed by atoms with Gasteiger partial charge in [-0.25, -0.2) is 4.98 Å². The Kier molecular flexibility index (Phi) is 6.24. The van der Waals surface area contributed by atoms with E-state index in [0.29, 0.717) is 18.9 Å². The minimum absolute atomic E-state index is 0.187. The molecule has 0 spiro atoms. The first-order valence-corrected chi connectivity index (χ1v) is 13.0. The zero-order valence-corrected chi connectivity index (χ0v) is 21.3. The lowest BCUT2D eigenvalue weighted by atomic mass is 9.95. The molecule has 0 saturated carbocycles. The van der Waals surface area contributed by atoms with Gasteiger partial charge in [0.05, 0.1) is 17.6 Å². The van der Waals surface area contributed by atoms with Crippen LogP contribution in [-0.2, 0) is 11.2 Å². The van der Waals surface area contributed by atoms with E-state index in [9.17, 15) is 4.79 Å². The van der Waals surface area contributed by atoms with Crippen molar-refractivity contribution in [1.29, 1.82) is 0 Å². The fraction of sp³-hybridized carbons (Fsp3) is 0.379. The molecule has 4 aromatic rings. The number of aryl methyl sites for hydroxylation is 2. The summed E-state index contributed by atoms with van der Waals surface area (Å²) in [5.41, 5.74) is 6.57. The molecule has 0 unspecified atom stereocenters. The number of H-pyrrole nitrogens is 1. The van der Waals surface area contributed by atoms with Crippen molar-refractivity contribution in [3.05, 3.63) is 71.2 Å². The van der Waals surface area contributed by atoms with Crippen LogP contribution >= 0.6 is 0 Å². The van der Waals surface area contributed by atoms with Crippen LogP contribution in [0.5, 0.6) is 5.75 Å². The number of piperidine rings is 1. The van der Waals surface area contributed by atoms with Gasteiger partial charge in [0.25, 0.3) is 0 Å². The Hall–Kier alpha value is -3.94. The van der Waals surface area contributed by atoms with E-state index < -0.39 is 0 Å². The number of benzene rings is 2. The highest BCUT2D eigenvalue weighted by atomic mass is 16.5. The third-order valence-electron chi connectivity index (χ3n) is 7.42. The average molecular weight is 498 g/mol. The number of allylic oxidation sites excluding steroid dienone is 1. The van der Waals surface area contributed by atoms with Crippen LogP contribution < -0.4 is 4.74 Å². The molecule has 0 atom stereocenters. The summed E-state index contributed by atoms with van der Waals surface area (Å²) in [6.45, 7) is 5.81. The van der Waals surface area contributed by atoms with Gasteiger partial charge in [-0.2, -0.15) is 4.98 Å². The number of carbonyl (C=O) groups excluding carboxylic acids is 1. The number of fused-ring (bicyclic) bond motifs is 2. The highest BCUT2D eigenvalue weighted by Gasteiger charge is 2.27. The van der Waals surface area contributed by atoms with Crippen LogP contribution in [0.2, 0.25) is 0 Å². The van der Waals surface area contributed by atoms with Crippen molar-refractivity contribution in [3.8, 4) is 16.9 Å². The zero-order valence-electron chi connectivity index (χ0n) is 21.3. The number of likely N-dealkylation sites (tertiary alicyclic amines) is 1. The third-order valence-corrected chi connectivity index (χ3v) is 7.42. The topological polar surface area (TPSA) is 97.1 Å². The second-order valence-electron chi connectivity index (χ2n) is 10.0. The van der Waals surface area contributed by atoms with Gasteiger partial charge in [0.2, 0.25) is 11.8 Å². The molecule has 1 N–H and O–H groups in total. The first-order chi connectivity index (χ1) is 18.0. The third kappa shape index (κ3) is 5.01. The van der Waals surface area contributed by atoms with Crippen LogP contribution in [-0.4, -0.2) is 50.6 Å². The summed E-state index contributed by atoms with van der Waals surface area (Å²) in [4.78, 5) is 27.3. The first-order valence-electron chi connectivity index (χ1n) is 13.0. The summed E-state index contributed by atoms with van der Waals surface area (Å²) in [6.07, 6.45) is 5.91. The van der Waals surface area contributed by atoms with Gasteiger partial charge in [-0.05, 0) is 67.1 Å². The molecule has 8 heteroatoms. The van der Waals surface area contributed by atoms with Crippen molar-refractivity contribution in [2.24, 2.45) is 0 Å². The Balaban J connectivity index is 1.12. The molecule has 2 aromatic carbocycles. The number of aromatic nitrogens is 4. The molecular weight excluding hydrogens is 466 g/mol. The van der Waals surface area contributed by atoms with Crippen LogP contribution in [0, 0.1) is 13.8 Å².